The van der Waals surface area contributed by atoms with Crippen LogP contribution in [0, 0.1) is 6.92 Å². The maximum Gasteiger partial charge on any atom is 0.376 e. The van der Waals surface area contributed by atoms with Crippen molar-refractivity contribution in [3.63, 3.8) is 0 Å². The first-order valence-electron chi connectivity index (χ1n) is 5.30. The first-order chi connectivity index (χ1) is 9.08. The van der Waals surface area contributed by atoms with Gasteiger partial charge in [0.15, 0.2) is 5.76 Å². The summed E-state index contributed by atoms with van der Waals surface area (Å²) < 4.78 is 19.5. The Kier molecular flexibility index (Phi) is 3.37. The third-order valence-corrected chi connectivity index (χ3v) is 2.43. The second kappa shape index (κ2) is 4.97. The van der Waals surface area contributed by atoms with Crippen LogP contribution >= 0.6 is 0 Å². The number of furan rings is 1. The molecule has 0 saturated carbocycles. The van der Waals surface area contributed by atoms with Gasteiger partial charge in [0.05, 0.1) is 20.5 Å². The second-order valence-corrected chi connectivity index (χ2v) is 3.61. The van der Waals surface area contributed by atoms with Crippen molar-refractivity contribution >= 4 is 11.9 Å². The van der Waals surface area contributed by atoms with E-state index < -0.39 is 11.9 Å². The molecule has 2 heterocycles. The van der Waals surface area contributed by atoms with Crippen molar-refractivity contribution in [3.8, 4) is 11.7 Å². The second-order valence-electron chi connectivity index (χ2n) is 3.61. The summed E-state index contributed by atoms with van der Waals surface area (Å²) in [5.74, 6) is -1.58. The number of aryl methyl sites for hydroxylation is 1. The minimum absolute atomic E-state index is 0.0169. The number of rotatable bonds is 3. The van der Waals surface area contributed by atoms with Gasteiger partial charge in [-0.3, -0.25) is 0 Å². The molecule has 2 aromatic heterocycles. The van der Waals surface area contributed by atoms with Crippen molar-refractivity contribution in [2.45, 2.75) is 6.92 Å². The van der Waals surface area contributed by atoms with E-state index in [4.69, 9.17) is 8.83 Å². The fraction of sp³-hybridized carbons (Fsp3) is 0.250. The molecule has 0 saturated heterocycles. The predicted molar refractivity (Wildman–Crippen MR) is 61.6 cm³/mol. The Morgan fingerprint density at radius 3 is 2.42 bits per heavy atom. The molecule has 0 aliphatic heterocycles. The van der Waals surface area contributed by atoms with Gasteiger partial charge in [0.1, 0.15) is 0 Å². The summed E-state index contributed by atoms with van der Waals surface area (Å²) in [6.07, 6.45) is 1.45. The van der Waals surface area contributed by atoms with Crippen LogP contribution in [0.25, 0.3) is 11.7 Å². The summed E-state index contributed by atoms with van der Waals surface area (Å²) in [5, 5.41) is 0. The fourth-order valence-corrected chi connectivity index (χ4v) is 1.48. The van der Waals surface area contributed by atoms with Gasteiger partial charge >= 0.3 is 11.9 Å². The minimum atomic E-state index is -0.816. The SMILES string of the molecule is COC(=O)c1nc(-c2occc2C)oc1C(=O)OC. The lowest BCUT2D eigenvalue weighted by atomic mass is 10.3. The van der Waals surface area contributed by atoms with Crippen LogP contribution in [0.2, 0.25) is 0 Å². The average molecular weight is 265 g/mol. The molecule has 100 valence electrons. The van der Waals surface area contributed by atoms with Gasteiger partial charge in [0.2, 0.25) is 11.5 Å². The van der Waals surface area contributed by atoms with Crippen LogP contribution in [0.5, 0.6) is 0 Å². The number of hydrogen-bond acceptors (Lipinski definition) is 7. The zero-order valence-corrected chi connectivity index (χ0v) is 10.6. The van der Waals surface area contributed by atoms with Crippen molar-refractivity contribution < 1.29 is 27.9 Å². The number of esters is 2. The minimum Gasteiger partial charge on any atom is -0.464 e. The Morgan fingerprint density at radius 1 is 1.21 bits per heavy atom. The number of carbonyl (C=O) groups is 2. The molecule has 0 N–H and O–H groups in total. The molecule has 0 amide bonds. The molecular formula is C12H11NO6. The van der Waals surface area contributed by atoms with Gasteiger partial charge in [-0.05, 0) is 13.0 Å². The Morgan fingerprint density at radius 2 is 1.89 bits per heavy atom. The molecule has 0 radical (unpaired) electrons. The number of aromatic nitrogens is 1. The van der Waals surface area contributed by atoms with Crippen LogP contribution in [0.15, 0.2) is 21.2 Å². The van der Waals surface area contributed by atoms with Crippen molar-refractivity contribution in [3.05, 3.63) is 29.3 Å². The van der Waals surface area contributed by atoms with Crippen LogP contribution in [0.1, 0.15) is 26.6 Å². The highest BCUT2D eigenvalue weighted by molar-refractivity contribution is 6.00. The highest BCUT2D eigenvalue weighted by atomic mass is 16.5. The fourth-order valence-electron chi connectivity index (χ4n) is 1.48. The van der Waals surface area contributed by atoms with Crippen LogP contribution in [0.4, 0.5) is 0 Å². The number of carbonyl (C=O) groups excluding carboxylic acids is 2. The number of hydrogen-bond donors (Lipinski definition) is 0. The molecule has 0 atom stereocenters. The molecular weight excluding hydrogens is 254 g/mol. The maximum atomic E-state index is 11.5. The number of methoxy groups -OCH3 is 2. The van der Waals surface area contributed by atoms with E-state index in [0.717, 1.165) is 5.56 Å². The lowest BCUT2D eigenvalue weighted by molar-refractivity contribution is 0.0527. The molecule has 2 rings (SSSR count). The molecule has 19 heavy (non-hydrogen) atoms. The van der Waals surface area contributed by atoms with E-state index in [1.807, 2.05) is 0 Å². The standard InChI is InChI=1S/C12H11NO6/c1-6-4-5-18-8(6)10-13-7(11(14)16-2)9(19-10)12(15)17-3/h4-5H,1-3H3. The predicted octanol–water partition coefficient (Wildman–Crippen LogP) is 1.82. The molecule has 2 aromatic rings. The van der Waals surface area contributed by atoms with Gasteiger partial charge in [0, 0.05) is 5.56 Å². The number of ether oxygens (including phenoxy) is 2. The van der Waals surface area contributed by atoms with Gasteiger partial charge in [-0.2, -0.15) is 4.98 Å². The highest BCUT2D eigenvalue weighted by Crippen LogP contribution is 2.26. The van der Waals surface area contributed by atoms with Gasteiger partial charge in [-0.25, -0.2) is 9.59 Å². The largest absolute Gasteiger partial charge is 0.464 e. The molecule has 0 bridgehead atoms. The molecule has 7 heteroatoms. The summed E-state index contributed by atoms with van der Waals surface area (Å²) in [6, 6.07) is 1.70. The van der Waals surface area contributed by atoms with E-state index in [2.05, 4.69) is 14.5 Å². The maximum absolute atomic E-state index is 11.5. The van der Waals surface area contributed by atoms with Crippen molar-refractivity contribution in [2.24, 2.45) is 0 Å². The average Bonchev–Trinajstić information content (AvgIpc) is 3.02. The lowest BCUT2D eigenvalue weighted by Crippen LogP contribution is -2.10. The Hall–Kier alpha value is -2.57. The molecule has 0 aliphatic carbocycles. The normalized spacial score (nSPS) is 10.3. The van der Waals surface area contributed by atoms with Crippen LogP contribution < -0.4 is 0 Å². The number of oxazole rings is 1. The first kappa shape index (κ1) is 12.9. The van der Waals surface area contributed by atoms with Gasteiger partial charge in [-0.15, -0.1) is 0 Å². The summed E-state index contributed by atoms with van der Waals surface area (Å²) in [4.78, 5) is 27.0. The molecule has 7 nitrogen and oxygen atoms in total. The Balaban J connectivity index is 2.55. The quantitative estimate of drug-likeness (QED) is 0.781. The third kappa shape index (κ3) is 2.22. The van der Waals surface area contributed by atoms with Gasteiger partial charge < -0.3 is 18.3 Å². The lowest BCUT2D eigenvalue weighted by Gasteiger charge is -1.96. The van der Waals surface area contributed by atoms with Crippen molar-refractivity contribution in [2.75, 3.05) is 14.2 Å². The molecule has 0 aliphatic rings. The number of nitrogens with zero attached hydrogens (tertiary/aromatic N) is 1. The smallest absolute Gasteiger partial charge is 0.376 e. The van der Waals surface area contributed by atoms with Crippen molar-refractivity contribution in [1.29, 1.82) is 0 Å². The van der Waals surface area contributed by atoms with E-state index in [9.17, 15) is 9.59 Å². The summed E-state index contributed by atoms with van der Waals surface area (Å²) in [5.41, 5.74) is 0.509. The van der Waals surface area contributed by atoms with Crippen LogP contribution in [-0.4, -0.2) is 31.1 Å². The summed E-state index contributed by atoms with van der Waals surface area (Å²) in [6.45, 7) is 1.78. The summed E-state index contributed by atoms with van der Waals surface area (Å²) >= 11 is 0. The van der Waals surface area contributed by atoms with Crippen LogP contribution in [-0.2, 0) is 9.47 Å². The van der Waals surface area contributed by atoms with Gasteiger partial charge in [-0.1, -0.05) is 0 Å². The molecule has 0 unspecified atom stereocenters. The van der Waals surface area contributed by atoms with E-state index in [1.165, 1.54) is 20.5 Å². The Bertz CT molecular complexity index is 590. The van der Waals surface area contributed by atoms with Crippen LogP contribution in [0.3, 0.4) is 0 Å². The first-order valence-corrected chi connectivity index (χ1v) is 5.30. The monoisotopic (exact) mass is 265 g/mol. The van der Waals surface area contributed by atoms with E-state index in [-0.39, 0.29) is 17.3 Å². The zero-order valence-electron chi connectivity index (χ0n) is 10.6. The zero-order chi connectivity index (χ0) is 14.0. The van der Waals surface area contributed by atoms with E-state index >= 15 is 0 Å². The molecule has 0 spiro atoms. The third-order valence-electron chi connectivity index (χ3n) is 2.43. The van der Waals surface area contributed by atoms with Gasteiger partial charge in [0.25, 0.3) is 5.89 Å². The highest BCUT2D eigenvalue weighted by Gasteiger charge is 2.28. The molecule has 0 aromatic carbocycles. The molecule has 0 fully saturated rings. The summed E-state index contributed by atoms with van der Waals surface area (Å²) in [7, 11) is 2.35. The topological polar surface area (TPSA) is 91.8 Å². The van der Waals surface area contributed by atoms with E-state index in [1.54, 1.807) is 13.0 Å². The van der Waals surface area contributed by atoms with Crippen molar-refractivity contribution in [1.82, 2.24) is 4.98 Å². The van der Waals surface area contributed by atoms with E-state index in [0.29, 0.717) is 5.76 Å². The Labute approximate surface area is 108 Å².